The number of hydrogen-bond acceptors (Lipinski definition) is 9. The van der Waals surface area contributed by atoms with Gasteiger partial charge in [0.15, 0.2) is 12.2 Å². The van der Waals surface area contributed by atoms with Crippen LogP contribution in [0.25, 0.3) is 0 Å². The van der Waals surface area contributed by atoms with Crippen molar-refractivity contribution in [2.45, 2.75) is 64.3 Å². The van der Waals surface area contributed by atoms with Crippen LogP contribution in [0, 0.1) is 0 Å². The zero-order valence-electron chi connectivity index (χ0n) is 24.6. The van der Waals surface area contributed by atoms with Gasteiger partial charge in [0.25, 0.3) is 5.91 Å². The number of nitrogens with one attached hydrogen (secondary N) is 2. The lowest BCUT2D eigenvalue weighted by Crippen LogP contribution is -2.42. The van der Waals surface area contributed by atoms with Gasteiger partial charge in [0.2, 0.25) is 5.91 Å². The first-order valence-corrected chi connectivity index (χ1v) is 14.8. The van der Waals surface area contributed by atoms with Crippen molar-refractivity contribution in [2.24, 2.45) is 0 Å². The molecular formula is C31H42N6O5S. The number of carbonyl (C=O) groups excluding carboxylic acids is 2. The Kier molecular flexibility index (Phi) is 11.8. The molecule has 0 unspecified atom stereocenters. The quantitative estimate of drug-likeness (QED) is 0.283. The monoisotopic (exact) mass is 610 g/mol. The zero-order valence-corrected chi connectivity index (χ0v) is 25.6. The number of amides is 2. The number of hydrogen-bond donors (Lipinski definition) is 3. The minimum atomic E-state index is -0.694. The van der Waals surface area contributed by atoms with Crippen LogP contribution in [0.1, 0.15) is 59.9 Å². The zero-order chi connectivity index (χ0) is 29.3. The Morgan fingerprint density at radius 3 is 2.77 bits per heavy atom. The first-order chi connectivity index (χ1) is 20.5. The molecule has 3 N–H and O–H groups in total. The van der Waals surface area contributed by atoms with Crippen LogP contribution in [-0.4, -0.2) is 81.6 Å². The van der Waals surface area contributed by atoms with Gasteiger partial charge in [-0.1, -0.05) is 13.0 Å². The summed E-state index contributed by atoms with van der Waals surface area (Å²) >= 11 is 0. The van der Waals surface area contributed by atoms with Crippen LogP contribution in [0.15, 0.2) is 53.5 Å². The third-order valence-electron chi connectivity index (χ3n) is 7.79. The number of likely N-dealkylation sites (tertiary alicyclic amines) is 1. The van der Waals surface area contributed by atoms with Gasteiger partial charge in [0, 0.05) is 63.5 Å². The van der Waals surface area contributed by atoms with E-state index in [1.54, 1.807) is 24.5 Å². The van der Waals surface area contributed by atoms with Gasteiger partial charge in [-0.05, 0) is 61.1 Å². The lowest BCUT2D eigenvalue weighted by Gasteiger charge is -2.32. The van der Waals surface area contributed by atoms with Gasteiger partial charge in [0.05, 0.1) is 12.3 Å². The van der Waals surface area contributed by atoms with Crippen molar-refractivity contribution < 1.29 is 23.8 Å². The first-order valence-electron chi connectivity index (χ1n) is 14.8. The van der Waals surface area contributed by atoms with Crippen LogP contribution in [0.2, 0.25) is 0 Å². The van der Waals surface area contributed by atoms with Gasteiger partial charge < -0.3 is 29.8 Å². The highest BCUT2D eigenvalue weighted by atomic mass is 32.1. The van der Waals surface area contributed by atoms with Crippen molar-refractivity contribution in [2.75, 3.05) is 38.0 Å². The molecule has 0 spiro atoms. The maximum atomic E-state index is 12.8. The Hall–Kier alpha value is -3.61. The molecule has 0 saturated carbocycles. The van der Waals surface area contributed by atoms with Gasteiger partial charge >= 0.3 is 0 Å². The van der Waals surface area contributed by atoms with E-state index in [-0.39, 0.29) is 37.9 Å². The summed E-state index contributed by atoms with van der Waals surface area (Å²) in [5.74, 6) is 2.08. The number of benzene rings is 1. The Bertz CT molecular complexity index is 1330. The highest BCUT2D eigenvalue weighted by Gasteiger charge is 2.23. The molecule has 232 valence electrons. The third-order valence-corrected chi connectivity index (χ3v) is 7.79. The van der Waals surface area contributed by atoms with Gasteiger partial charge in [-0.3, -0.25) is 14.5 Å². The molecule has 2 aliphatic rings. The summed E-state index contributed by atoms with van der Waals surface area (Å²) in [6.45, 7) is 5.99. The van der Waals surface area contributed by atoms with E-state index >= 15 is 0 Å². The van der Waals surface area contributed by atoms with E-state index in [1.165, 1.54) is 17.5 Å². The molecule has 5 rings (SSSR count). The number of oxazole rings is 1. The summed E-state index contributed by atoms with van der Waals surface area (Å²) in [6, 6.07) is 9.69. The van der Waals surface area contributed by atoms with Crippen LogP contribution in [-0.2, 0) is 24.4 Å². The van der Waals surface area contributed by atoms with Crippen LogP contribution in [0.3, 0.4) is 0 Å². The van der Waals surface area contributed by atoms with E-state index in [4.69, 9.17) is 9.15 Å². The molecule has 1 atom stereocenters. The second-order valence-electron chi connectivity index (χ2n) is 11.0. The summed E-state index contributed by atoms with van der Waals surface area (Å²) in [7, 11) is 0. The molecule has 1 fully saturated rings. The number of β-amino-alcohol motifs (C(OH)–C–C–N with tert-alkyl or cyclic N) is 1. The Labute approximate surface area is 259 Å². The molecule has 0 radical (unpaired) electrons. The minimum absolute atomic E-state index is 0. The molecule has 2 aliphatic heterocycles. The second-order valence-corrected chi connectivity index (χ2v) is 11.0. The van der Waals surface area contributed by atoms with E-state index in [1.807, 2.05) is 17.9 Å². The summed E-state index contributed by atoms with van der Waals surface area (Å²) in [4.78, 5) is 37.4. The fourth-order valence-electron chi connectivity index (χ4n) is 5.48. The second kappa shape index (κ2) is 15.7. The van der Waals surface area contributed by atoms with E-state index in [9.17, 15) is 14.7 Å². The normalized spacial score (nSPS) is 16.1. The number of ether oxygens (including phenoxy) is 1. The average Bonchev–Trinajstić information content (AvgIpc) is 3.53. The van der Waals surface area contributed by atoms with E-state index < -0.39 is 6.10 Å². The van der Waals surface area contributed by atoms with Crippen molar-refractivity contribution in [3.8, 4) is 5.75 Å². The van der Waals surface area contributed by atoms with Crippen molar-refractivity contribution in [1.82, 2.24) is 25.1 Å². The molecule has 1 saturated heterocycles. The van der Waals surface area contributed by atoms with E-state index in [0.29, 0.717) is 36.7 Å². The number of aliphatic hydroxyl groups is 1. The Morgan fingerprint density at radius 1 is 1.16 bits per heavy atom. The number of rotatable bonds is 12. The first kappa shape index (κ1) is 32.3. The summed E-state index contributed by atoms with van der Waals surface area (Å²) < 4.78 is 11.0. The molecular weight excluding hydrogens is 568 g/mol. The number of pyridine rings is 1. The largest absolute Gasteiger partial charge is 0.486 e. The fraction of sp³-hybridized carbons (Fsp3) is 0.484. The third kappa shape index (κ3) is 9.19. The topological polar surface area (TPSA) is 133 Å². The Balaban J connectivity index is 0.00000423. The molecule has 43 heavy (non-hydrogen) atoms. The number of piperidine rings is 1. The van der Waals surface area contributed by atoms with Crippen LogP contribution in [0.4, 0.5) is 5.82 Å². The average molecular weight is 611 g/mol. The number of carbonyl (C=O) groups is 2. The summed E-state index contributed by atoms with van der Waals surface area (Å²) in [5, 5.41) is 16.9. The predicted molar refractivity (Wildman–Crippen MR) is 167 cm³/mol. The lowest BCUT2D eigenvalue weighted by atomic mass is 9.99. The molecule has 1 aromatic carbocycles. The molecule has 2 amide bonds. The SMILES string of the molecule is CCCC(=O)N1CCC(Nc2cc(C(=O)NC[C@H](O)CN3CCc4cc(OCc5cnco5)ccc4C3)ccn2)CC1.S. The lowest BCUT2D eigenvalue weighted by molar-refractivity contribution is -0.132. The van der Waals surface area contributed by atoms with Crippen molar-refractivity contribution >= 4 is 31.1 Å². The Morgan fingerprint density at radius 2 is 2.00 bits per heavy atom. The predicted octanol–water partition coefficient (Wildman–Crippen LogP) is 3.11. The van der Waals surface area contributed by atoms with Crippen LogP contribution >= 0.6 is 13.5 Å². The van der Waals surface area contributed by atoms with Crippen LogP contribution in [0.5, 0.6) is 5.75 Å². The highest BCUT2D eigenvalue weighted by molar-refractivity contribution is 7.59. The molecule has 0 aliphatic carbocycles. The molecule has 3 aromatic rings. The van der Waals surface area contributed by atoms with Crippen molar-refractivity contribution in [3.63, 3.8) is 0 Å². The van der Waals surface area contributed by atoms with E-state index in [0.717, 1.165) is 57.6 Å². The highest BCUT2D eigenvalue weighted by Crippen LogP contribution is 2.25. The maximum absolute atomic E-state index is 12.8. The minimum Gasteiger partial charge on any atom is -0.486 e. The number of aromatic nitrogens is 2. The molecule has 11 nitrogen and oxygen atoms in total. The molecule has 2 aromatic heterocycles. The van der Waals surface area contributed by atoms with Crippen molar-refractivity contribution in [1.29, 1.82) is 0 Å². The molecule has 0 bridgehead atoms. The van der Waals surface area contributed by atoms with Gasteiger partial charge in [-0.15, -0.1) is 0 Å². The number of nitrogens with zero attached hydrogens (tertiary/aromatic N) is 4. The van der Waals surface area contributed by atoms with Crippen molar-refractivity contribution in [3.05, 3.63) is 71.6 Å². The number of fused-ring (bicyclic) bond motifs is 1. The number of anilines is 1. The maximum Gasteiger partial charge on any atom is 0.251 e. The smallest absolute Gasteiger partial charge is 0.251 e. The van der Waals surface area contributed by atoms with Gasteiger partial charge in [0.1, 0.15) is 18.2 Å². The summed E-state index contributed by atoms with van der Waals surface area (Å²) in [6.07, 6.45) is 7.96. The standard InChI is InChI=1S/C31H40N6O5.H2S/c1-2-3-30(39)37-12-8-25(9-13-37)35-29-15-23(6-10-33-29)31(40)34-16-26(38)19-36-11-7-22-14-27(5-4-24(22)18-36)41-20-28-17-32-21-42-28;/h4-6,10,14-15,17,21,25-26,38H,2-3,7-9,11-13,16,18-20H2,1H3,(H,33,35)(H,34,40);1H2/t26-;/m0./s1. The van der Waals surface area contributed by atoms with Crippen LogP contribution < -0.4 is 15.4 Å². The van der Waals surface area contributed by atoms with Gasteiger partial charge in [-0.2, -0.15) is 13.5 Å². The van der Waals surface area contributed by atoms with E-state index in [2.05, 4.69) is 37.6 Å². The van der Waals surface area contributed by atoms with Gasteiger partial charge in [-0.25, -0.2) is 9.97 Å². The number of aliphatic hydroxyl groups excluding tert-OH is 1. The summed E-state index contributed by atoms with van der Waals surface area (Å²) in [5.41, 5.74) is 2.93. The molecule has 12 heteroatoms. The molecule has 4 heterocycles. The fourth-order valence-corrected chi connectivity index (χ4v) is 5.48.